The van der Waals surface area contributed by atoms with E-state index in [0.717, 1.165) is 0 Å². The lowest BCUT2D eigenvalue weighted by atomic mass is 10.3. The maximum Gasteiger partial charge on any atom is 0.270 e. The molecule has 2 heterocycles. The predicted octanol–water partition coefficient (Wildman–Crippen LogP) is 2.04. The minimum atomic E-state index is -3.88. The number of benzene rings is 1. The quantitative estimate of drug-likeness (QED) is 0.894. The molecule has 9 heteroatoms. The van der Waals surface area contributed by atoms with Crippen molar-refractivity contribution in [3.8, 4) is 5.75 Å². The minimum absolute atomic E-state index is 0.0168. The Morgan fingerprint density at radius 1 is 1.25 bits per heavy atom. The van der Waals surface area contributed by atoms with Crippen LogP contribution >= 0.6 is 11.6 Å². The average molecular weight is 370 g/mol. The molecule has 7 nitrogen and oxygen atoms in total. The van der Waals surface area contributed by atoms with Crippen LogP contribution in [0.1, 0.15) is 10.5 Å². The minimum Gasteiger partial charge on any atom is -0.495 e. The number of nitrogens with zero attached hydrogens (tertiary/aromatic N) is 2. The van der Waals surface area contributed by atoms with Gasteiger partial charge in [0, 0.05) is 31.4 Å². The van der Waals surface area contributed by atoms with Gasteiger partial charge in [-0.1, -0.05) is 11.6 Å². The molecular weight excluding hydrogens is 354 g/mol. The number of aromatic nitrogens is 1. The zero-order valence-corrected chi connectivity index (χ0v) is 14.7. The Bertz CT molecular complexity index is 907. The van der Waals surface area contributed by atoms with Gasteiger partial charge in [-0.25, -0.2) is 8.42 Å². The smallest absolute Gasteiger partial charge is 0.270 e. The maximum absolute atomic E-state index is 12.6. The van der Waals surface area contributed by atoms with Gasteiger partial charge in [-0.2, -0.15) is 0 Å². The van der Waals surface area contributed by atoms with Crippen molar-refractivity contribution in [3.05, 3.63) is 41.2 Å². The molecule has 3 rings (SSSR count). The number of ether oxygens (including phenoxy) is 1. The Kier molecular flexibility index (Phi) is 4.18. The van der Waals surface area contributed by atoms with Gasteiger partial charge in [0.1, 0.15) is 16.3 Å². The van der Waals surface area contributed by atoms with Crippen molar-refractivity contribution >= 4 is 33.2 Å². The molecule has 0 atom stereocenters. The Labute approximate surface area is 144 Å². The maximum atomic E-state index is 12.6. The molecule has 0 unspecified atom stereocenters. The number of likely N-dealkylation sites (N-methyl/N-ethyl adjacent to an activating group) is 1. The molecule has 1 aromatic heterocycles. The summed E-state index contributed by atoms with van der Waals surface area (Å²) < 4.78 is 34.5. The molecule has 2 aromatic rings. The first kappa shape index (κ1) is 16.7. The highest BCUT2D eigenvalue weighted by Gasteiger charge is 2.27. The van der Waals surface area contributed by atoms with Gasteiger partial charge >= 0.3 is 0 Å². The molecule has 0 fully saturated rings. The molecule has 1 amide bonds. The first-order valence-electron chi connectivity index (χ1n) is 7.14. The Morgan fingerprint density at radius 2 is 2.00 bits per heavy atom. The van der Waals surface area contributed by atoms with Gasteiger partial charge in [-0.3, -0.25) is 9.52 Å². The van der Waals surface area contributed by atoms with Crippen molar-refractivity contribution in [3.63, 3.8) is 0 Å². The third kappa shape index (κ3) is 2.94. The van der Waals surface area contributed by atoms with Crippen LogP contribution in [0, 0.1) is 0 Å². The molecule has 0 saturated heterocycles. The molecule has 1 N–H and O–H groups in total. The van der Waals surface area contributed by atoms with E-state index in [1.165, 1.54) is 25.4 Å². The molecule has 1 aliphatic heterocycles. The molecule has 0 saturated carbocycles. The van der Waals surface area contributed by atoms with Crippen LogP contribution in [0.3, 0.4) is 0 Å². The van der Waals surface area contributed by atoms with E-state index in [4.69, 9.17) is 16.3 Å². The van der Waals surface area contributed by atoms with Crippen molar-refractivity contribution in [2.75, 3.05) is 25.4 Å². The summed E-state index contributed by atoms with van der Waals surface area (Å²) in [6.07, 6.45) is 1.46. The summed E-state index contributed by atoms with van der Waals surface area (Å²) in [6, 6.07) is 6.01. The van der Waals surface area contributed by atoms with Crippen LogP contribution in [0.25, 0.3) is 0 Å². The fraction of sp³-hybridized carbons (Fsp3) is 0.267. The monoisotopic (exact) mass is 369 g/mol. The largest absolute Gasteiger partial charge is 0.495 e. The highest BCUT2D eigenvalue weighted by molar-refractivity contribution is 7.92. The number of halogens is 1. The highest BCUT2D eigenvalue weighted by atomic mass is 35.5. The van der Waals surface area contributed by atoms with Crippen LogP contribution in [0.4, 0.5) is 5.69 Å². The van der Waals surface area contributed by atoms with E-state index < -0.39 is 10.0 Å². The van der Waals surface area contributed by atoms with Gasteiger partial charge < -0.3 is 14.2 Å². The fourth-order valence-corrected chi connectivity index (χ4v) is 3.78. The van der Waals surface area contributed by atoms with Gasteiger partial charge in [-0.05, 0) is 24.3 Å². The van der Waals surface area contributed by atoms with Gasteiger partial charge in [0.2, 0.25) is 0 Å². The number of nitrogens with one attached hydrogen (secondary N) is 1. The van der Waals surface area contributed by atoms with Crippen LogP contribution in [0.5, 0.6) is 5.75 Å². The van der Waals surface area contributed by atoms with Gasteiger partial charge in [0.15, 0.2) is 0 Å². The third-order valence-electron chi connectivity index (χ3n) is 3.83. The number of fused-ring (bicyclic) bond motifs is 1. The van der Waals surface area contributed by atoms with Gasteiger partial charge in [0.05, 0.1) is 12.8 Å². The molecule has 0 radical (unpaired) electrons. The molecule has 0 aliphatic carbocycles. The second-order valence-electron chi connectivity index (χ2n) is 5.43. The summed E-state index contributed by atoms with van der Waals surface area (Å²) in [7, 11) is -0.758. The number of anilines is 1. The first-order valence-corrected chi connectivity index (χ1v) is 9.00. The number of carbonyl (C=O) groups is 1. The van der Waals surface area contributed by atoms with Crippen LogP contribution < -0.4 is 9.46 Å². The van der Waals surface area contributed by atoms with Crippen molar-refractivity contribution in [1.82, 2.24) is 9.47 Å². The third-order valence-corrected chi connectivity index (χ3v) is 5.40. The second-order valence-corrected chi connectivity index (χ2v) is 7.55. The molecule has 0 bridgehead atoms. The normalized spacial score (nSPS) is 14.5. The summed E-state index contributed by atoms with van der Waals surface area (Å²) in [5.41, 5.74) is 0.583. The lowest BCUT2D eigenvalue weighted by Gasteiger charge is -2.23. The lowest BCUT2D eigenvalue weighted by Crippen LogP contribution is -2.36. The number of carbonyl (C=O) groups excluding carboxylic acids is 1. The number of rotatable bonds is 4. The number of hydrogen-bond acceptors (Lipinski definition) is 4. The van der Waals surface area contributed by atoms with Crippen molar-refractivity contribution in [2.45, 2.75) is 11.4 Å². The van der Waals surface area contributed by atoms with Crippen LogP contribution in [-0.4, -0.2) is 44.5 Å². The topological polar surface area (TPSA) is 80.6 Å². The zero-order chi connectivity index (χ0) is 17.5. The van der Waals surface area contributed by atoms with Crippen molar-refractivity contribution in [2.24, 2.45) is 0 Å². The summed E-state index contributed by atoms with van der Waals surface area (Å²) in [5.74, 6) is 0.144. The van der Waals surface area contributed by atoms with E-state index in [0.29, 0.717) is 29.6 Å². The van der Waals surface area contributed by atoms with E-state index in [2.05, 4.69) is 4.72 Å². The number of amides is 1. The van der Waals surface area contributed by atoms with Crippen LogP contribution in [-0.2, 0) is 16.6 Å². The summed E-state index contributed by atoms with van der Waals surface area (Å²) in [4.78, 5) is 13.7. The van der Waals surface area contributed by atoms with Gasteiger partial charge in [0.25, 0.3) is 15.9 Å². The lowest BCUT2D eigenvalue weighted by molar-refractivity contribution is 0.0749. The Morgan fingerprint density at radius 3 is 2.71 bits per heavy atom. The van der Waals surface area contributed by atoms with E-state index in [9.17, 15) is 13.2 Å². The van der Waals surface area contributed by atoms with Crippen LogP contribution in [0.2, 0.25) is 5.02 Å². The second kappa shape index (κ2) is 6.03. The summed E-state index contributed by atoms with van der Waals surface area (Å²) in [6.45, 7) is 1.09. The molecule has 1 aromatic carbocycles. The molecule has 0 spiro atoms. The molecule has 24 heavy (non-hydrogen) atoms. The van der Waals surface area contributed by atoms with E-state index in [1.54, 1.807) is 28.6 Å². The number of methoxy groups -OCH3 is 1. The first-order chi connectivity index (χ1) is 11.3. The zero-order valence-electron chi connectivity index (χ0n) is 13.1. The SMILES string of the molecule is COc1ccc(Cl)cc1NS(=O)(=O)c1cc2n(c1)CCN(C)C2=O. The number of sulfonamides is 1. The van der Waals surface area contributed by atoms with E-state index in [1.807, 2.05) is 0 Å². The van der Waals surface area contributed by atoms with Crippen molar-refractivity contribution in [1.29, 1.82) is 0 Å². The molecular formula is C15H16ClN3O4S. The standard InChI is InChI=1S/C15H16ClN3O4S/c1-18-5-6-19-9-11(8-13(19)15(18)20)24(21,22)17-12-7-10(16)3-4-14(12)23-2/h3-4,7-9,17H,5-6H2,1-2H3. The van der Waals surface area contributed by atoms with E-state index in [-0.39, 0.29) is 16.5 Å². The summed E-state index contributed by atoms with van der Waals surface area (Å²) >= 11 is 5.92. The summed E-state index contributed by atoms with van der Waals surface area (Å²) in [5, 5.41) is 0.376. The Balaban J connectivity index is 1.97. The fourth-order valence-electron chi connectivity index (χ4n) is 2.51. The predicted molar refractivity (Wildman–Crippen MR) is 90.2 cm³/mol. The molecule has 1 aliphatic rings. The molecule has 128 valence electrons. The Hall–Kier alpha value is -2.19. The van der Waals surface area contributed by atoms with Crippen molar-refractivity contribution < 1.29 is 17.9 Å². The van der Waals surface area contributed by atoms with Gasteiger partial charge in [-0.15, -0.1) is 0 Å². The van der Waals surface area contributed by atoms with Crippen LogP contribution in [0.15, 0.2) is 35.4 Å². The van der Waals surface area contributed by atoms with E-state index >= 15 is 0 Å². The highest BCUT2D eigenvalue weighted by Crippen LogP contribution is 2.30. The number of hydrogen-bond donors (Lipinski definition) is 1. The average Bonchev–Trinajstić information content (AvgIpc) is 2.97.